The van der Waals surface area contributed by atoms with E-state index in [1.165, 1.54) is 12.1 Å². The lowest BCUT2D eigenvalue weighted by Gasteiger charge is -2.32. The lowest BCUT2D eigenvalue weighted by atomic mass is 9.98. The highest BCUT2D eigenvalue weighted by atomic mass is 35.5. The van der Waals surface area contributed by atoms with Crippen LogP contribution in [0.25, 0.3) is 22.0 Å². The number of pyridine rings is 1. The molecule has 33 heavy (non-hydrogen) atoms. The van der Waals surface area contributed by atoms with Crippen molar-refractivity contribution in [2.24, 2.45) is 5.92 Å². The van der Waals surface area contributed by atoms with Crippen LogP contribution in [0.3, 0.4) is 0 Å². The molecule has 1 saturated heterocycles. The standard InChI is InChI=1S/C24H21Cl2FN2O4/c1-13(23(30)29-8-2-3-14(12-29)24(31)32)33-16-4-5-17-18(6-7-28-21(17)11-16)22-19(25)9-15(27)10-20(22)26/h4-7,9-11,13-14H,2-3,8,12H2,1H3,(H,31,32)/t13?,14-/m0/s1. The van der Waals surface area contributed by atoms with Crippen molar-refractivity contribution in [3.63, 3.8) is 0 Å². The maximum Gasteiger partial charge on any atom is 0.308 e. The number of piperidine rings is 1. The fourth-order valence-electron chi connectivity index (χ4n) is 4.11. The topological polar surface area (TPSA) is 79.7 Å². The van der Waals surface area contributed by atoms with Crippen LogP contribution in [0.2, 0.25) is 10.0 Å². The summed E-state index contributed by atoms with van der Waals surface area (Å²) in [5, 5.41) is 10.4. The molecular weight excluding hydrogens is 470 g/mol. The molecule has 9 heteroatoms. The molecule has 2 heterocycles. The van der Waals surface area contributed by atoms with Gasteiger partial charge in [0, 0.05) is 36.3 Å². The second-order valence-electron chi connectivity index (χ2n) is 8.00. The third kappa shape index (κ3) is 4.89. The zero-order valence-electron chi connectivity index (χ0n) is 17.7. The minimum atomic E-state index is -0.890. The van der Waals surface area contributed by atoms with Crippen LogP contribution in [0.4, 0.5) is 4.39 Å². The molecule has 3 aromatic rings. The maximum atomic E-state index is 13.6. The van der Waals surface area contributed by atoms with Gasteiger partial charge in [-0.05, 0) is 55.7 Å². The van der Waals surface area contributed by atoms with Crippen molar-refractivity contribution in [2.75, 3.05) is 13.1 Å². The third-order valence-corrected chi connectivity index (χ3v) is 6.33. The SMILES string of the molecule is CC(Oc1ccc2c(-c3c(Cl)cc(F)cc3Cl)ccnc2c1)C(=O)N1CCC[C@H](C(=O)O)C1. The van der Waals surface area contributed by atoms with Crippen LogP contribution in [-0.2, 0) is 9.59 Å². The number of rotatable bonds is 5. The minimum Gasteiger partial charge on any atom is -0.481 e. The quantitative estimate of drug-likeness (QED) is 0.515. The van der Waals surface area contributed by atoms with Gasteiger partial charge in [-0.15, -0.1) is 0 Å². The number of aliphatic carboxylic acids is 1. The normalized spacial score (nSPS) is 17.1. The van der Waals surface area contributed by atoms with Crippen molar-refractivity contribution in [3.8, 4) is 16.9 Å². The Morgan fingerprint density at radius 2 is 1.94 bits per heavy atom. The molecule has 2 aromatic carbocycles. The second kappa shape index (κ2) is 9.53. The minimum absolute atomic E-state index is 0.184. The number of nitrogens with zero attached hydrogens (tertiary/aromatic N) is 2. The molecule has 2 atom stereocenters. The molecule has 0 saturated carbocycles. The predicted octanol–water partition coefficient (Wildman–Crippen LogP) is 5.44. The van der Waals surface area contributed by atoms with Crippen LogP contribution < -0.4 is 4.74 Å². The number of hydrogen-bond acceptors (Lipinski definition) is 4. The zero-order valence-corrected chi connectivity index (χ0v) is 19.2. The molecule has 1 amide bonds. The molecule has 0 bridgehead atoms. The average molecular weight is 491 g/mol. The predicted molar refractivity (Wildman–Crippen MR) is 124 cm³/mol. The maximum absolute atomic E-state index is 13.6. The summed E-state index contributed by atoms with van der Waals surface area (Å²) in [5.41, 5.74) is 1.78. The van der Waals surface area contributed by atoms with Crippen molar-refractivity contribution >= 4 is 46.0 Å². The number of hydrogen-bond donors (Lipinski definition) is 1. The highest BCUT2D eigenvalue weighted by Crippen LogP contribution is 2.39. The molecule has 1 unspecified atom stereocenters. The van der Waals surface area contributed by atoms with Crippen molar-refractivity contribution in [3.05, 3.63) is 58.5 Å². The van der Waals surface area contributed by atoms with Crippen molar-refractivity contribution in [1.29, 1.82) is 0 Å². The summed E-state index contributed by atoms with van der Waals surface area (Å²) in [7, 11) is 0. The van der Waals surface area contributed by atoms with Gasteiger partial charge < -0.3 is 14.7 Å². The first-order valence-corrected chi connectivity index (χ1v) is 11.2. The van der Waals surface area contributed by atoms with E-state index in [1.54, 1.807) is 42.3 Å². The van der Waals surface area contributed by atoms with Crippen LogP contribution in [0, 0.1) is 11.7 Å². The number of ether oxygens (including phenoxy) is 1. The molecule has 0 radical (unpaired) electrons. The second-order valence-corrected chi connectivity index (χ2v) is 8.82. The van der Waals surface area contributed by atoms with Gasteiger partial charge in [-0.25, -0.2) is 4.39 Å². The molecule has 1 aliphatic heterocycles. The lowest BCUT2D eigenvalue weighted by Crippen LogP contribution is -2.47. The molecule has 1 fully saturated rings. The van der Waals surface area contributed by atoms with E-state index in [0.717, 1.165) is 5.39 Å². The highest BCUT2D eigenvalue weighted by molar-refractivity contribution is 6.39. The number of carbonyl (C=O) groups excluding carboxylic acids is 1. The van der Waals surface area contributed by atoms with E-state index in [4.69, 9.17) is 27.9 Å². The summed E-state index contributed by atoms with van der Waals surface area (Å²) < 4.78 is 19.5. The van der Waals surface area contributed by atoms with Gasteiger partial charge in [-0.1, -0.05) is 23.2 Å². The first kappa shape index (κ1) is 23.3. The van der Waals surface area contributed by atoms with Gasteiger partial charge in [0.25, 0.3) is 5.91 Å². The zero-order chi connectivity index (χ0) is 23.7. The van der Waals surface area contributed by atoms with Gasteiger partial charge in [-0.3, -0.25) is 14.6 Å². The highest BCUT2D eigenvalue weighted by Gasteiger charge is 2.31. The van der Waals surface area contributed by atoms with Crippen molar-refractivity contribution in [2.45, 2.75) is 25.9 Å². The fourth-order valence-corrected chi connectivity index (χ4v) is 4.77. The number of fused-ring (bicyclic) bond motifs is 1. The summed E-state index contributed by atoms with van der Waals surface area (Å²) in [5.74, 6) is -1.78. The molecule has 6 nitrogen and oxygen atoms in total. The Labute approximate surface area is 199 Å². The number of aromatic nitrogens is 1. The van der Waals surface area contributed by atoms with E-state index < -0.39 is 23.8 Å². The van der Waals surface area contributed by atoms with E-state index in [1.807, 2.05) is 0 Å². The number of carbonyl (C=O) groups is 2. The fraction of sp³-hybridized carbons (Fsp3) is 0.292. The molecule has 4 rings (SSSR count). The number of halogens is 3. The first-order valence-electron chi connectivity index (χ1n) is 10.5. The summed E-state index contributed by atoms with van der Waals surface area (Å²) in [4.78, 5) is 30.0. The molecular formula is C24H21Cl2FN2O4. The van der Waals surface area contributed by atoms with Gasteiger partial charge >= 0.3 is 5.97 Å². The number of carboxylic acids is 1. The van der Waals surface area contributed by atoms with Gasteiger partial charge in [0.05, 0.1) is 21.5 Å². The molecule has 1 N–H and O–H groups in total. The first-order chi connectivity index (χ1) is 15.7. The molecule has 1 aromatic heterocycles. The van der Waals surface area contributed by atoms with Crippen molar-refractivity contribution in [1.82, 2.24) is 9.88 Å². The molecule has 172 valence electrons. The summed E-state index contributed by atoms with van der Waals surface area (Å²) in [6.07, 6.45) is 2.01. The van der Waals surface area contributed by atoms with Gasteiger partial charge in [0.2, 0.25) is 0 Å². The lowest BCUT2D eigenvalue weighted by molar-refractivity contribution is -0.147. The molecule has 1 aliphatic rings. The largest absolute Gasteiger partial charge is 0.481 e. The van der Waals surface area contributed by atoms with Crippen molar-refractivity contribution < 1.29 is 23.8 Å². The number of carboxylic acid groups (broad SMARTS) is 1. The van der Waals surface area contributed by atoms with E-state index in [-0.39, 0.29) is 22.5 Å². The van der Waals surface area contributed by atoms with Gasteiger partial charge in [-0.2, -0.15) is 0 Å². The summed E-state index contributed by atoms with van der Waals surface area (Å²) in [6.45, 7) is 2.33. The van der Waals surface area contributed by atoms with Crippen LogP contribution in [0.1, 0.15) is 19.8 Å². The number of likely N-dealkylation sites (tertiary alicyclic amines) is 1. The van der Waals surface area contributed by atoms with Crippen LogP contribution in [0.5, 0.6) is 5.75 Å². The Kier molecular flexibility index (Phi) is 6.72. The summed E-state index contributed by atoms with van der Waals surface area (Å²) in [6, 6.07) is 9.34. The van der Waals surface area contributed by atoms with Crippen LogP contribution in [-0.4, -0.2) is 46.1 Å². The summed E-state index contributed by atoms with van der Waals surface area (Å²) >= 11 is 12.5. The number of amides is 1. The van der Waals surface area contributed by atoms with E-state index in [0.29, 0.717) is 41.8 Å². The third-order valence-electron chi connectivity index (χ3n) is 5.73. The van der Waals surface area contributed by atoms with E-state index in [2.05, 4.69) is 4.98 Å². The van der Waals surface area contributed by atoms with E-state index in [9.17, 15) is 19.1 Å². The Hall–Kier alpha value is -2.90. The Bertz CT molecular complexity index is 1210. The smallest absolute Gasteiger partial charge is 0.308 e. The molecule has 0 aliphatic carbocycles. The van der Waals surface area contributed by atoms with Gasteiger partial charge in [0.15, 0.2) is 6.10 Å². The molecule has 0 spiro atoms. The average Bonchev–Trinajstić information content (AvgIpc) is 2.78. The monoisotopic (exact) mass is 490 g/mol. The Balaban J connectivity index is 1.57. The van der Waals surface area contributed by atoms with E-state index >= 15 is 0 Å². The Morgan fingerprint density at radius 1 is 1.21 bits per heavy atom. The number of benzene rings is 2. The van der Waals surface area contributed by atoms with Crippen LogP contribution in [0.15, 0.2) is 42.6 Å². The van der Waals surface area contributed by atoms with Crippen LogP contribution >= 0.6 is 23.2 Å². The Morgan fingerprint density at radius 3 is 2.64 bits per heavy atom. The van der Waals surface area contributed by atoms with Gasteiger partial charge in [0.1, 0.15) is 11.6 Å².